The zero-order chi connectivity index (χ0) is 19.3. The molecule has 1 heterocycles. The maximum Gasteiger partial charge on any atom is 0.243 e. The van der Waals surface area contributed by atoms with Gasteiger partial charge in [0.05, 0.1) is 24.5 Å². The van der Waals surface area contributed by atoms with Gasteiger partial charge in [0.1, 0.15) is 5.76 Å². The highest BCUT2D eigenvalue weighted by molar-refractivity contribution is 5.95. The highest BCUT2D eigenvalue weighted by Gasteiger charge is 2.15. The summed E-state index contributed by atoms with van der Waals surface area (Å²) in [4.78, 5) is 19.9. The van der Waals surface area contributed by atoms with Crippen molar-refractivity contribution in [2.75, 3.05) is 18.9 Å². The fourth-order valence-corrected chi connectivity index (χ4v) is 1.98. The molecule has 0 spiro atoms. The van der Waals surface area contributed by atoms with Crippen molar-refractivity contribution in [3.63, 3.8) is 0 Å². The number of rotatable bonds is 5. The summed E-state index contributed by atoms with van der Waals surface area (Å²) < 4.78 is 44.9. The molecule has 10 heteroatoms. The third kappa shape index (κ3) is 4.74. The molecule has 0 aliphatic heterocycles. The van der Waals surface area contributed by atoms with Gasteiger partial charge in [-0.15, -0.1) is 0 Å². The number of oxazole rings is 1. The lowest BCUT2D eigenvalue weighted by Crippen LogP contribution is -2.41. The minimum Gasteiger partial charge on any atom is -0.444 e. The van der Waals surface area contributed by atoms with Gasteiger partial charge < -0.3 is 20.4 Å². The molecule has 1 aromatic carbocycles. The van der Waals surface area contributed by atoms with Crippen LogP contribution in [0.5, 0.6) is 0 Å². The van der Waals surface area contributed by atoms with Crippen LogP contribution in [0.4, 0.5) is 18.9 Å². The first-order chi connectivity index (χ1) is 12.3. The van der Waals surface area contributed by atoms with E-state index in [1.54, 1.807) is 6.92 Å². The van der Waals surface area contributed by atoms with E-state index in [1.165, 1.54) is 7.05 Å². The van der Waals surface area contributed by atoms with Gasteiger partial charge in [-0.05, 0) is 26.0 Å². The molecule has 1 amide bonds. The fourth-order valence-electron chi connectivity index (χ4n) is 1.98. The monoisotopic (exact) mass is 369 g/mol. The molecule has 0 aliphatic carbocycles. The van der Waals surface area contributed by atoms with Gasteiger partial charge in [0.25, 0.3) is 0 Å². The van der Waals surface area contributed by atoms with E-state index in [9.17, 15) is 18.0 Å². The first kappa shape index (κ1) is 19.3. The maximum absolute atomic E-state index is 13.5. The molecule has 0 saturated carbocycles. The molecule has 7 nitrogen and oxygen atoms in total. The summed E-state index contributed by atoms with van der Waals surface area (Å²) in [6, 6.07) is 1.66. The van der Waals surface area contributed by atoms with Crippen molar-refractivity contribution in [2.45, 2.75) is 20.4 Å². The average molecular weight is 369 g/mol. The van der Waals surface area contributed by atoms with Crippen molar-refractivity contribution in [3.8, 4) is 0 Å². The molecule has 0 saturated heterocycles. The predicted molar refractivity (Wildman–Crippen MR) is 89.1 cm³/mol. The lowest BCUT2D eigenvalue weighted by Gasteiger charge is -2.11. The Morgan fingerprint density at radius 2 is 1.92 bits per heavy atom. The van der Waals surface area contributed by atoms with Crippen LogP contribution in [0.3, 0.4) is 0 Å². The highest BCUT2D eigenvalue weighted by atomic mass is 19.2. The van der Waals surface area contributed by atoms with Crippen LogP contribution >= 0.6 is 0 Å². The number of nitrogens with one attached hydrogen (secondary N) is 3. The van der Waals surface area contributed by atoms with Crippen LogP contribution in [0.25, 0.3) is 0 Å². The SMILES string of the molecule is CN=C(NCC(=O)Nc1ccc(F)c(F)c1F)NCc1nc(C)c(C)o1. The van der Waals surface area contributed by atoms with Gasteiger partial charge in [0.2, 0.25) is 11.8 Å². The van der Waals surface area contributed by atoms with Gasteiger partial charge in [0, 0.05) is 7.05 Å². The molecule has 140 valence electrons. The summed E-state index contributed by atoms with van der Waals surface area (Å²) in [5.41, 5.74) is 0.321. The predicted octanol–water partition coefficient (Wildman–Crippen LogP) is 2.01. The molecule has 1 aromatic heterocycles. The molecule has 0 atom stereocenters. The number of aliphatic imine (C=N–C) groups is 1. The largest absolute Gasteiger partial charge is 0.444 e. The van der Waals surface area contributed by atoms with Gasteiger partial charge in [-0.25, -0.2) is 18.2 Å². The number of amides is 1. The minimum absolute atomic E-state index is 0.244. The second-order valence-corrected chi connectivity index (χ2v) is 5.30. The third-order valence-corrected chi connectivity index (χ3v) is 3.43. The zero-order valence-corrected chi connectivity index (χ0v) is 14.4. The first-order valence-electron chi connectivity index (χ1n) is 7.62. The molecule has 2 aromatic rings. The quantitative estimate of drug-likeness (QED) is 0.426. The van der Waals surface area contributed by atoms with Crippen LogP contribution < -0.4 is 16.0 Å². The number of carbonyl (C=O) groups excluding carboxylic acids is 1. The van der Waals surface area contributed by atoms with Crippen LogP contribution in [0.15, 0.2) is 21.5 Å². The van der Waals surface area contributed by atoms with Crippen LogP contribution in [0, 0.1) is 31.3 Å². The van der Waals surface area contributed by atoms with Crippen molar-refractivity contribution in [2.24, 2.45) is 4.99 Å². The van der Waals surface area contributed by atoms with Crippen molar-refractivity contribution in [1.82, 2.24) is 15.6 Å². The Kier molecular flexibility index (Phi) is 6.21. The van der Waals surface area contributed by atoms with Crippen LogP contribution in [0.2, 0.25) is 0 Å². The Balaban J connectivity index is 1.86. The van der Waals surface area contributed by atoms with E-state index in [0.717, 1.165) is 17.8 Å². The van der Waals surface area contributed by atoms with Gasteiger partial charge in [-0.1, -0.05) is 0 Å². The number of aryl methyl sites for hydroxylation is 2. The topological polar surface area (TPSA) is 91.5 Å². The molecular formula is C16H18F3N5O2. The molecule has 0 fully saturated rings. The Hall–Kier alpha value is -3.04. The molecule has 26 heavy (non-hydrogen) atoms. The van der Waals surface area contributed by atoms with Crippen molar-refractivity contribution in [3.05, 3.63) is 46.9 Å². The summed E-state index contributed by atoms with van der Waals surface area (Å²) in [7, 11) is 1.49. The molecule has 0 bridgehead atoms. The van der Waals surface area contributed by atoms with Crippen molar-refractivity contribution >= 4 is 17.6 Å². The standard InChI is InChI=1S/C16H18F3N5O2/c1-8-9(2)26-13(23-8)7-22-16(20-3)21-6-12(25)24-11-5-4-10(17)14(18)15(11)19/h4-5H,6-7H2,1-3H3,(H,24,25)(H2,20,21,22). The summed E-state index contributed by atoms with van der Waals surface area (Å²) in [5.74, 6) is -3.67. The van der Waals surface area contributed by atoms with Gasteiger partial charge >= 0.3 is 0 Å². The Morgan fingerprint density at radius 1 is 1.19 bits per heavy atom. The number of guanidine groups is 1. The average Bonchev–Trinajstić information content (AvgIpc) is 2.93. The van der Waals surface area contributed by atoms with Crippen LogP contribution in [-0.2, 0) is 11.3 Å². The highest BCUT2D eigenvalue weighted by Crippen LogP contribution is 2.19. The van der Waals surface area contributed by atoms with Gasteiger partial charge in [-0.3, -0.25) is 9.79 Å². The van der Waals surface area contributed by atoms with E-state index in [2.05, 4.69) is 25.9 Å². The van der Waals surface area contributed by atoms with Gasteiger partial charge in [-0.2, -0.15) is 0 Å². The second kappa shape index (κ2) is 8.37. The molecule has 0 radical (unpaired) electrons. The van der Waals surface area contributed by atoms with E-state index < -0.39 is 29.0 Å². The van der Waals surface area contributed by atoms with Crippen molar-refractivity contribution < 1.29 is 22.4 Å². The number of aromatic nitrogens is 1. The number of benzene rings is 1. The normalized spacial score (nSPS) is 11.4. The number of hydrogen-bond acceptors (Lipinski definition) is 4. The number of nitrogens with zero attached hydrogens (tertiary/aromatic N) is 2. The van der Waals surface area contributed by atoms with E-state index in [1.807, 2.05) is 6.92 Å². The molecular weight excluding hydrogens is 351 g/mol. The number of anilines is 1. The Labute approximate surface area is 147 Å². The summed E-state index contributed by atoms with van der Waals surface area (Å²) in [5, 5.41) is 7.73. The molecule has 0 aliphatic rings. The maximum atomic E-state index is 13.5. The second-order valence-electron chi connectivity index (χ2n) is 5.30. The van der Waals surface area contributed by atoms with E-state index >= 15 is 0 Å². The minimum atomic E-state index is -1.65. The van der Waals surface area contributed by atoms with Crippen LogP contribution in [0.1, 0.15) is 17.3 Å². The fraction of sp³-hybridized carbons (Fsp3) is 0.312. The number of hydrogen-bond donors (Lipinski definition) is 3. The lowest BCUT2D eigenvalue weighted by molar-refractivity contribution is -0.115. The third-order valence-electron chi connectivity index (χ3n) is 3.43. The molecule has 2 rings (SSSR count). The zero-order valence-electron chi connectivity index (χ0n) is 14.4. The van der Waals surface area contributed by atoms with Gasteiger partial charge in [0.15, 0.2) is 23.4 Å². The molecule has 0 unspecified atom stereocenters. The first-order valence-corrected chi connectivity index (χ1v) is 7.62. The summed E-state index contributed by atoms with van der Waals surface area (Å²) in [6.45, 7) is 3.58. The van der Waals surface area contributed by atoms with Crippen LogP contribution in [-0.4, -0.2) is 30.4 Å². The Morgan fingerprint density at radius 3 is 2.54 bits per heavy atom. The smallest absolute Gasteiger partial charge is 0.243 e. The summed E-state index contributed by atoms with van der Waals surface area (Å²) in [6.07, 6.45) is 0. The van der Waals surface area contributed by atoms with E-state index in [0.29, 0.717) is 11.7 Å². The van der Waals surface area contributed by atoms with E-state index in [4.69, 9.17) is 4.42 Å². The molecule has 3 N–H and O–H groups in total. The Bertz CT molecular complexity index is 816. The van der Waals surface area contributed by atoms with E-state index in [-0.39, 0.29) is 19.0 Å². The number of carbonyl (C=O) groups is 1. The lowest BCUT2D eigenvalue weighted by atomic mass is 10.2. The number of halogens is 3. The summed E-state index contributed by atoms with van der Waals surface area (Å²) >= 11 is 0. The van der Waals surface area contributed by atoms with Crippen molar-refractivity contribution in [1.29, 1.82) is 0 Å².